The van der Waals surface area contributed by atoms with Crippen molar-refractivity contribution in [1.82, 2.24) is 10.6 Å². The van der Waals surface area contributed by atoms with E-state index in [1.54, 1.807) is 14.2 Å². The van der Waals surface area contributed by atoms with Crippen LogP contribution >= 0.6 is 0 Å². The minimum atomic E-state index is -0.0243. The van der Waals surface area contributed by atoms with Crippen molar-refractivity contribution in [2.75, 3.05) is 33.9 Å². The zero-order valence-electron chi connectivity index (χ0n) is 14.5. The Kier molecular flexibility index (Phi) is 8.90. The Labute approximate surface area is 138 Å². The average Bonchev–Trinajstić information content (AvgIpc) is 2.54. The molecular weight excluding hydrogens is 296 g/mol. The van der Waals surface area contributed by atoms with Crippen LogP contribution < -0.4 is 24.8 Å². The highest BCUT2D eigenvalue weighted by atomic mass is 16.5. The van der Waals surface area contributed by atoms with Gasteiger partial charge in [0.2, 0.25) is 11.7 Å². The summed E-state index contributed by atoms with van der Waals surface area (Å²) in [5, 5.41) is 6.01. The van der Waals surface area contributed by atoms with Crippen molar-refractivity contribution in [2.24, 2.45) is 0 Å². The maximum Gasteiger partial charge on any atom is 0.216 e. The van der Waals surface area contributed by atoms with Crippen LogP contribution in [-0.2, 0) is 11.3 Å². The quantitative estimate of drug-likeness (QED) is 0.610. The fourth-order valence-corrected chi connectivity index (χ4v) is 2.06. The van der Waals surface area contributed by atoms with E-state index < -0.39 is 0 Å². The van der Waals surface area contributed by atoms with Crippen LogP contribution in [0.4, 0.5) is 0 Å². The van der Waals surface area contributed by atoms with Gasteiger partial charge >= 0.3 is 0 Å². The summed E-state index contributed by atoms with van der Waals surface area (Å²) in [5.41, 5.74) is 1.03. The first-order chi connectivity index (χ1) is 11.1. The van der Waals surface area contributed by atoms with Crippen LogP contribution in [0.15, 0.2) is 12.1 Å². The predicted molar refractivity (Wildman–Crippen MR) is 90.3 cm³/mol. The molecule has 6 heteroatoms. The van der Waals surface area contributed by atoms with Crippen LogP contribution in [0.3, 0.4) is 0 Å². The Balaban J connectivity index is 2.68. The summed E-state index contributed by atoms with van der Waals surface area (Å²) in [5.74, 6) is 1.95. The van der Waals surface area contributed by atoms with Crippen molar-refractivity contribution in [1.29, 1.82) is 0 Å². The van der Waals surface area contributed by atoms with E-state index in [0.717, 1.165) is 18.4 Å². The van der Waals surface area contributed by atoms with Gasteiger partial charge in [0.15, 0.2) is 11.5 Å². The lowest BCUT2D eigenvalue weighted by molar-refractivity contribution is -0.118. The summed E-state index contributed by atoms with van der Waals surface area (Å²) in [6, 6.07) is 3.88. The zero-order chi connectivity index (χ0) is 17.1. The number of rotatable bonds is 11. The molecule has 0 saturated heterocycles. The molecule has 0 radical (unpaired) electrons. The number of benzene rings is 1. The first-order valence-corrected chi connectivity index (χ1v) is 7.95. The monoisotopic (exact) mass is 324 g/mol. The fraction of sp³-hybridized carbons (Fsp3) is 0.588. The summed E-state index contributed by atoms with van der Waals surface area (Å²) in [4.78, 5) is 10.8. The summed E-state index contributed by atoms with van der Waals surface area (Å²) in [7, 11) is 3.24. The minimum absolute atomic E-state index is 0.0243. The molecule has 0 spiro atoms. The number of hydrogen-bond acceptors (Lipinski definition) is 5. The van der Waals surface area contributed by atoms with E-state index in [2.05, 4.69) is 17.6 Å². The number of methoxy groups -OCH3 is 2. The molecule has 0 aliphatic carbocycles. The van der Waals surface area contributed by atoms with Crippen molar-refractivity contribution in [2.45, 2.75) is 33.2 Å². The van der Waals surface area contributed by atoms with Gasteiger partial charge in [0.05, 0.1) is 20.8 Å². The lowest BCUT2D eigenvalue weighted by Crippen LogP contribution is -2.29. The number of amides is 1. The summed E-state index contributed by atoms with van der Waals surface area (Å²) in [6.45, 7) is 6.21. The number of unbranched alkanes of at least 4 members (excludes halogenated alkanes) is 1. The van der Waals surface area contributed by atoms with Gasteiger partial charge in [-0.2, -0.15) is 0 Å². The van der Waals surface area contributed by atoms with Crippen LogP contribution in [-0.4, -0.2) is 39.8 Å². The smallest absolute Gasteiger partial charge is 0.216 e. The molecule has 130 valence electrons. The third-order valence-electron chi connectivity index (χ3n) is 3.27. The van der Waals surface area contributed by atoms with E-state index in [4.69, 9.17) is 14.2 Å². The van der Waals surface area contributed by atoms with E-state index in [-0.39, 0.29) is 5.91 Å². The van der Waals surface area contributed by atoms with Crippen molar-refractivity contribution >= 4 is 5.91 Å². The zero-order valence-corrected chi connectivity index (χ0v) is 14.5. The van der Waals surface area contributed by atoms with Crippen LogP contribution in [0.2, 0.25) is 0 Å². The van der Waals surface area contributed by atoms with Gasteiger partial charge in [0.1, 0.15) is 0 Å². The Morgan fingerprint density at radius 2 is 1.78 bits per heavy atom. The highest BCUT2D eigenvalue weighted by molar-refractivity contribution is 5.72. The molecule has 2 N–H and O–H groups in total. The molecule has 0 fully saturated rings. The Morgan fingerprint density at radius 1 is 1.13 bits per heavy atom. The summed E-state index contributed by atoms with van der Waals surface area (Å²) < 4.78 is 16.7. The van der Waals surface area contributed by atoms with E-state index >= 15 is 0 Å². The molecule has 0 aliphatic heterocycles. The molecule has 0 saturated carbocycles. The van der Waals surface area contributed by atoms with Crippen molar-refractivity contribution in [3.63, 3.8) is 0 Å². The van der Waals surface area contributed by atoms with Gasteiger partial charge in [0.25, 0.3) is 0 Å². The van der Waals surface area contributed by atoms with Gasteiger partial charge in [0, 0.05) is 26.6 Å². The molecule has 1 aromatic rings. The largest absolute Gasteiger partial charge is 0.493 e. The SMILES string of the molecule is CCCCOc1c(OC)cc(CNCCNC(C)=O)cc1OC. The molecule has 0 atom stereocenters. The molecular formula is C17H28N2O4. The Hall–Kier alpha value is -1.95. The minimum Gasteiger partial charge on any atom is -0.493 e. The molecule has 23 heavy (non-hydrogen) atoms. The molecule has 0 unspecified atom stereocenters. The van der Waals surface area contributed by atoms with Crippen LogP contribution in [0.1, 0.15) is 32.3 Å². The van der Waals surface area contributed by atoms with Gasteiger partial charge < -0.3 is 24.8 Å². The number of nitrogens with one attached hydrogen (secondary N) is 2. The number of carbonyl (C=O) groups excluding carboxylic acids is 1. The lowest BCUT2D eigenvalue weighted by Gasteiger charge is -2.16. The van der Waals surface area contributed by atoms with Crippen LogP contribution in [0.25, 0.3) is 0 Å². The second-order valence-electron chi connectivity index (χ2n) is 5.19. The van der Waals surface area contributed by atoms with Crippen LogP contribution in [0, 0.1) is 0 Å². The molecule has 1 rings (SSSR count). The molecule has 1 amide bonds. The summed E-state index contributed by atoms with van der Waals surface area (Å²) >= 11 is 0. The lowest BCUT2D eigenvalue weighted by atomic mass is 10.1. The van der Waals surface area contributed by atoms with E-state index in [1.165, 1.54) is 6.92 Å². The molecule has 1 aromatic carbocycles. The van der Waals surface area contributed by atoms with Crippen LogP contribution in [0.5, 0.6) is 17.2 Å². The standard InChI is InChI=1S/C17H28N2O4/c1-5-6-9-23-17-15(21-3)10-14(11-16(17)22-4)12-18-7-8-19-13(2)20/h10-11,18H,5-9,12H2,1-4H3,(H,19,20). The normalized spacial score (nSPS) is 10.3. The third-order valence-corrected chi connectivity index (χ3v) is 3.27. The molecule has 0 aromatic heterocycles. The van der Waals surface area contributed by atoms with E-state index in [1.807, 2.05) is 12.1 Å². The second kappa shape index (κ2) is 10.7. The molecule has 0 heterocycles. The maximum atomic E-state index is 10.8. The predicted octanol–water partition coefficient (Wildman–Crippen LogP) is 2.11. The number of hydrogen-bond donors (Lipinski definition) is 2. The van der Waals surface area contributed by atoms with Crippen molar-refractivity contribution in [3.05, 3.63) is 17.7 Å². The van der Waals surface area contributed by atoms with E-state index in [0.29, 0.717) is 43.5 Å². The third kappa shape index (κ3) is 6.78. The van der Waals surface area contributed by atoms with Gasteiger partial charge in [-0.25, -0.2) is 0 Å². The first-order valence-electron chi connectivity index (χ1n) is 7.95. The van der Waals surface area contributed by atoms with Crippen molar-refractivity contribution in [3.8, 4) is 17.2 Å². The topological polar surface area (TPSA) is 68.8 Å². The highest BCUT2D eigenvalue weighted by Crippen LogP contribution is 2.38. The van der Waals surface area contributed by atoms with Crippen molar-refractivity contribution < 1.29 is 19.0 Å². The van der Waals surface area contributed by atoms with Gasteiger partial charge in [-0.15, -0.1) is 0 Å². The number of ether oxygens (including phenoxy) is 3. The molecule has 0 bridgehead atoms. The van der Waals surface area contributed by atoms with Gasteiger partial charge in [-0.05, 0) is 24.1 Å². The Morgan fingerprint density at radius 3 is 2.30 bits per heavy atom. The van der Waals surface area contributed by atoms with Gasteiger partial charge in [-0.3, -0.25) is 4.79 Å². The number of carbonyl (C=O) groups is 1. The molecule has 0 aliphatic rings. The Bertz CT molecular complexity index is 466. The molecule has 6 nitrogen and oxygen atoms in total. The maximum absolute atomic E-state index is 10.8. The fourth-order valence-electron chi connectivity index (χ4n) is 2.06. The van der Waals surface area contributed by atoms with E-state index in [9.17, 15) is 4.79 Å². The average molecular weight is 324 g/mol. The highest BCUT2D eigenvalue weighted by Gasteiger charge is 2.14. The van der Waals surface area contributed by atoms with Gasteiger partial charge in [-0.1, -0.05) is 13.3 Å². The first kappa shape index (κ1) is 19.1. The second-order valence-corrected chi connectivity index (χ2v) is 5.19. The summed E-state index contributed by atoms with van der Waals surface area (Å²) in [6.07, 6.45) is 2.06.